The first-order chi connectivity index (χ1) is 9.20. The van der Waals surface area contributed by atoms with Crippen molar-refractivity contribution in [2.24, 2.45) is 16.8 Å². The average Bonchev–Trinajstić information content (AvgIpc) is 2.92. The molecule has 1 aromatic carbocycles. The van der Waals surface area contributed by atoms with E-state index in [2.05, 4.69) is 10.5 Å². The molecule has 2 rings (SSSR count). The number of oxime groups is 1. The highest BCUT2D eigenvalue weighted by Gasteiger charge is 2.15. The quantitative estimate of drug-likeness (QED) is 0.331. The van der Waals surface area contributed by atoms with Gasteiger partial charge in [-0.05, 0) is 43.0 Å². The first-order valence-corrected chi connectivity index (χ1v) is 6.67. The van der Waals surface area contributed by atoms with E-state index in [1.165, 1.54) is 37.8 Å². The van der Waals surface area contributed by atoms with Gasteiger partial charge < -0.3 is 16.3 Å². The number of rotatable bonds is 5. The number of amidine groups is 1. The Bertz CT molecular complexity index is 456. The molecular formula is C14H20FN3O. The molecule has 0 atom stereocenters. The summed E-state index contributed by atoms with van der Waals surface area (Å²) in [5, 5.41) is 15.0. The van der Waals surface area contributed by atoms with Crippen LogP contribution in [0, 0.1) is 11.7 Å². The summed E-state index contributed by atoms with van der Waals surface area (Å²) in [5.74, 6) is 0.297. The van der Waals surface area contributed by atoms with Gasteiger partial charge in [0.15, 0.2) is 5.84 Å². The van der Waals surface area contributed by atoms with Gasteiger partial charge in [0, 0.05) is 12.1 Å². The van der Waals surface area contributed by atoms with Crippen molar-refractivity contribution < 1.29 is 9.60 Å². The van der Waals surface area contributed by atoms with Crippen LogP contribution in [0.2, 0.25) is 0 Å². The fourth-order valence-corrected chi connectivity index (χ4v) is 2.62. The number of hydrogen-bond acceptors (Lipinski definition) is 3. The van der Waals surface area contributed by atoms with Crippen LogP contribution in [0.15, 0.2) is 23.4 Å². The fraction of sp³-hybridized carbons (Fsp3) is 0.500. The summed E-state index contributed by atoms with van der Waals surface area (Å²) in [6, 6.07) is 4.35. The lowest BCUT2D eigenvalue weighted by Gasteiger charge is -2.13. The van der Waals surface area contributed by atoms with Crippen molar-refractivity contribution in [3.8, 4) is 0 Å². The van der Waals surface area contributed by atoms with Gasteiger partial charge in [0.1, 0.15) is 5.82 Å². The number of halogens is 1. The Morgan fingerprint density at radius 3 is 2.84 bits per heavy atom. The summed E-state index contributed by atoms with van der Waals surface area (Å²) in [4.78, 5) is 0. The first-order valence-electron chi connectivity index (χ1n) is 6.67. The molecule has 0 aromatic heterocycles. The molecule has 4 nitrogen and oxygen atoms in total. The van der Waals surface area contributed by atoms with Gasteiger partial charge in [-0.1, -0.05) is 24.1 Å². The van der Waals surface area contributed by atoms with Crippen LogP contribution in [-0.4, -0.2) is 17.6 Å². The van der Waals surface area contributed by atoms with Crippen LogP contribution in [0.1, 0.15) is 36.8 Å². The molecule has 0 heterocycles. The number of benzene rings is 1. The van der Waals surface area contributed by atoms with Gasteiger partial charge in [0.05, 0.1) is 0 Å². The molecule has 0 amide bonds. The molecule has 1 aliphatic carbocycles. The summed E-state index contributed by atoms with van der Waals surface area (Å²) in [6.45, 7) is 1.56. The third kappa shape index (κ3) is 3.67. The lowest BCUT2D eigenvalue weighted by Crippen LogP contribution is -2.23. The molecule has 0 aliphatic heterocycles. The van der Waals surface area contributed by atoms with Gasteiger partial charge in [-0.15, -0.1) is 0 Å². The summed E-state index contributed by atoms with van der Waals surface area (Å²) < 4.78 is 13.2. The zero-order valence-electron chi connectivity index (χ0n) is 10.9. The third-order valence-electron chi connectivity index (χ3n) is 3.68. The smallest absolute Gasteiger partial charge is 0.170 e. The van der Waals surface area contributed by atoms with Crippen molar-refractivity contribution >= 4 is 5.84 Å². The maximum absolute atomic E-state index is 13.2. The van der Waals surface area contributed by atoms with E-state index in [9.17, 15) is 4.39 Å². The maximum Gasteiger partial charge on any atom is 0.170 e. The van der Waals surface area contributed by atoms with E-state index in [1.807, 2.05) is 0 Å². The Hall–Kier alpha value is -1.62. The summed E-state index contributed by atoms with van der Waals surface area (Å²) >= 11 is 0. The first kappa shape index (κ1) is 13.8. The minimum atomic E-state index is -0.388. The van der Waals surface area contributed by atoms with Gasteiger partial charge >= 0.3 is 0 Å². The molecule has 19 heavy (non-hydrogen) atoms. The van der Waals surface area contributed by atoms with Crippen LogP contribution in [0.4, 0.5) is 4.39 Å². The van der Waals surface area contributed by atoms with E-state index in [0.29, 0.717) is 12.1 Å². The predicted octanol–water partition coefficient (Wildman–Crippen LogP) is 2.20. The van der Waals surface area contributed by atoms with E-state index in [1.54, 1.807) is 6.07 Å². The molecule has 0 spiro atoms. The molecule has 0 radical (unpaired) electrons. The van der Waals surface area contributed by atoms with Gasteiger partial charge in [0.25, 0.3) is 0 Å². The molecule has 1 fully saturated rings. The van der Waals surface area contributed by atoms with Crippen LogP contribution in [0.5, 0.6) is 0 Å². The standard InChI is InChI=1S/C14H20FN3O/c15-12-6-5-11(13(7-12)14(16)18-19)9-17-8-10-3-1-2-4-10/h5-7,10,17,19H,1-4,8-9H2,(H2,16,18). The molecule has 0 unspecified atom stereocenters. The minimum Gasteiger partial charge on any atom is -0.409 e. The topological polar surface area (TPSA) is 70.6 Å². The van der Waals surface area contributed by atoms with Crippen LogP contribution in [0.25, 0.3) is 0 Å². The number of nitrogens with zero attached hydrogens (tertiary/aromatic N) is 1. The van der Waals surface area contributed by atoms with Gasteiger partial charge in [0.2, 0.25) is 0 Å². The van der Waals surface area contributed by atoms with Crippen molar-refractivity contribution in [3.63, 3.8) is 0 Å². The lowest BCUT2D eigenvalue weighted by atomic mass is 10.1. The lowest BCUT2D eigenvalue weighted by molar-refractivity contribution is 0.318. The van der Waals surface area contributed by atoms with E-state index >= 15 is 0 Å². The maximum atomic E-state index is 13.2. The normalized spacial score (nSPS) is 17.0. The van der Waals surface area contributed by atoms with Gasteiger partial charge in [-0.25, -0.2) is 4.39 Å². The molecule has 4 N–H and O–H groups in total. The second-order valence-corrected chi connectivity index (χ2v) is 5.07. The Labute approximate surface area is 112 Å². The van der Waals surface area contributed by atoms with Crippen molar-refractivity contribution in [1.29, 1.82) is 0 Å². The molecule has 104 valence electrons. The Balaban J connectivity index is 1.98. The summed E-state index contributed by atoms with van der Waals surface area (Å²) in [6.07, 6.45) is 5.20. The monoisotopic (exact) mass is 265 g/mol. The Kier molecular flexibility index (Phi) is 4.74. The molecule has 1 aromatic rings. The number of nitrogens with two attached hydrogens (primary N) is 1. The second kappa shape index (κ2) is 6.52. The molecule has 0 bridgehead atoms. The van der Waals surface area contributed by atoms with E-state index in [4.69, 9.17) is 10.9 Å². The second-order valence-electron chi connectivity index (χ2n) is 5.07. The minimum absolute atomic E-state index is 0.0582. The van der Waals surface area contributed by atoms with Crippen LogP contribution >= 0.6 is 0 Å². The SMILES string of the molecule is NC(=NO)c1cc(F)ccc1CNCC1CCCC1. The number of hydrogen-bond donors (Lipinski definition) is 3. The Morgan fingerprint density at radius 1 is 1.42 bits per heavy atom. The van der Waals surface area contributed by atoms with Crippen molar-refractivity contribution in [2.45, 2.75) is 32.2 Å². The predicted molar refractivity (Wildman–Crippen MR) is 72.6 cm³/mol. The Morgan fingerprint density at radius 2 is 2.16 bits per heavy atom. The fourth-order valence-electron chi connectivity index (χ4n) is 2.62. The zero-order chi connectivity index (χ0) is 13.7. The van der Waals surface area contributed by atoms with E-state index in [-0.39, 0.29) is 11.7 Å². The van der Waals surface area contributed by atoms with Gasteiger partial charge in [-0.2, -0.15) is 0 Å². The highest BCUT2D eigenvalue weighted by atomic mass is 19.1. The molecule has 5 heteroatoms. The van der Waals surface area contributed by atoms with E-state index in [0.717, 1.165) is 18.0 Å². The zero-order valence-corrected chi connectivity index (χ0v) is 10.9. The van der Waals surface area contributed by atoms with E-state index < -0.39 is 0 Å². The molecular weight excluding hydrogens is 245 g/mol. The van der Waals surface area contributed by atoms with Crippen LogP contribution < -0.4 is 11.1 Å². The largest absolute Gasteiger partial charge is 0.409 e. The van der Waals surface area contributed by atoms with Crippen molar-refractivity contribution in [2.75, 3.05) is 6.54 Å². The summed E-state index contributed by atoms with van der Waals surface area (Å²) in [5.41, 5.74) is 6.85. The average molecular weight is 265 g/mol. The third-order valence-corrected chi connectivity index (χ3v) is 3.68. The number of nitrogens with one attached hydrogen (secondary N) is 1. The van der Waals surface area contributed by atoms with Crippen molar-refractivity contribution in [1.82, 2.24) is 5.32 Å². The van der Waals surface area contributed by atoms with Crippen LogP contribution in [-0.2, 0) is 6.54 Å². The molecule has 1 saturated carbocycles. The molecule has 1 aliphatic rings. The molecule has 0 saturated heterocycles. The highest BCUT2D eigenvalue weighted by Crippen LogP contribution is 2.23. The highest BCUT2D eigenvalue weighted by molar-refractivity contribution is 5.98. The van der Waals surface area contributed by atoms with Crippen molar-refractivity contribution in [3.05, 3.63) is 35.1 Å². The summed E-state index contributed by atoms with van der Waals surface area (Å²) in [7, 11) is 0. The van der Waals surface area contributed by atoms with Gasteiger partial charge in [-0.3, -0.25) is 0 Å². The van der Waals surface area contributed by atoms with Crippen LogP contribution in [0.3, 0.4) is 0 Å².